The Labute approximate surface area is 95.9 Å². The van der Waals surface area contributed by atoms with Crippen LogP contribution in [-0.4, -0.2) is 15.5 Å². The van der Waals surface area contributed by atoms with Crippen molar-refractivity contribution in [3.8, 4) is 0 Å². The first-order valence-corrected chi connectivity index (χ1v) is 4.82. The van der Waals surface area contributed by atoms with Crippen molar-refractivity contribution >= 4 is 11.6 Å². The van der Waals surface area contributed by atoms with Gasteiger partial charge in [-0.25, -0.2) is 13.8 Å². The number of hydrogen-bond donors (Lipinski definition) is 1. The highest BCUT2D eigenvalue weighted by Gasteiger charge is 2.15. The maximum Gasteiger partial charge on any atom is 0.291 e. The van der Waals surface area contributed by atoms with Crippen LogP contribution in [0.2, 0.25) is 0 Å². The molecule has 0 fully saturated rings. The number of nitrogens with zero attached hydrogens (tertiary/aromatic N) is 2. The van der Waals surface area contributed by atoms with Crippen molar-refractivity contribution in [1.29, 1.82) is 0 Å². The van der Waals surface area contributed by atoms with Crippen molar-refractivity contribution in [1.82, 2.24) is 9.55 Å². The van der Waals surface area contributed by atoms with Crippen LogP contribution in [0.5, 0.6) is 0 Å². The third-order valence-corrected chi connectivity index (χ3v) is 2.23. The molecule has 2 aromatic rings. The van der Waals surface area contributed by atoms with Crippen molar-refractivity contribution in [2.75, 3.05) is 5.32 Å². The number of aromatic nitrogens is 2. The number of para-hydroxylation sites is 1. The Kier molecular flexibility index (Phi) is 2.86. The minimum atomic E-state index is -0.826. The predicted octanol–water partition coefficient (Wildman–Crippen LogP) is 1.95. The van der Waals surface area contributed by atoms with E-state index in [1.165, 1.54) is 16.8 Å². The van der Waals surface area contributed by atoms with Crippen molar-refractivity contribution in [2.45, 2.75) is 0 Å². The lowest BCUT2D eigenvalue weighted by Crippen LogP contribution is -2.18. The van der Waals surface area contributed by atoms with Gasteiger partial charge in [0.2, 0.25) is 0 Å². The Bertz CT molecular complexity index is 545. The molecule has 0 spiro atoms. The Morgan fingerprint density at radius 1 is 1.35 bits per heavy atom. The van der Waals surface area contributed by atoms with Gasteiger partial charge in [0, 0.05) is 19.4 Å². The summed E-state index contributed by atoms with van der Waals surface area (Å²) in [5.74, 6) is -2.24. The molecule has 88 valence electrons. The SMILES string of the molecule is Cn1ccnc1C(=O)Nc1c(F)cccc1F. The average molecular weight is 237 g/mol. The van der Waals surface area contributed by atoms with Crippen LogP contribution < -0.4 is 5.32 Å². The quantitative estimate of drug-likeness (QED) is 0.867. The molecule has 0 radical (unpaired) electrons. The van der Waals surface area contributed by atoms with E-state index in [0.717, 1.165) is 12.1 Å². The van der Waals surface area contributed by atoms with E-state index < -0.39 is 23.2 Å². The summed E-state index contributed by atoms with van der Waals surface area (Å²) in [7, 11) is 1.61. The van der Waals surface area contributed by atoms with Crippen LogP contribution in [0.4, 0.5) is 14.5 Å². The lowest BCUT2D eigenvalue weighted by molar-refractivity contribution is 0.101. The lowest BCUT2D eigenvalue weighted by atomic mass is 10.3. The second kappa shape index (κ2) is 4.32. The number of anilines is 1. The molecule has 0 bridgehead atoms. The monoisotopic (exact) mass is 237 g/mol. The van der Waals surface area contributed by atoms with E-state index in [9.17, 15) is 13.6 Å². The van der Waals surface area contributed by atoms with Crippen LogP contribution in [-0.2, 0) is 7.05 Å². The number of rotatable bonds is 2. The topological polar surface area (TPSA) is 46.9 Å². The summed E-state index contributed by atoms with van der Waals surface area (Å²) in [4.78, 5) is 15.4. The van der Waals surface area contributed by atoms with Crippen LogP contribution in [0.25, 0.3) is 0 Å². The molecular weight excluding hydrogens is 228 g/mol. The van der Waals surface area contributed by atoms with Gasteiger partial charge in [-0.05, 0) is 12.1 Å². The second-order valence-electron chi connectivity index (χ2n) is 3.41. The van der Waals surface area contributed by atoms with Gasteiger partial charge >= 0.3 is 0 Å². The van der Waals surface area contributed by atoms with Gasteiger partial charge in [-0.1, -0.05) is 6.07 Å². The van der Waals surface area contributed by atoms with E-state index in [4.69, 9.17) is 0 Å². The molecule has 1 amide bonds. The highest BCUT2D eigenvalue weighted by molar-refractivity contribution is 6.01. The minimum absolute atomic E-state index is 0.0765. The minimum Gasteiger partial charge on any atom is -0.330 e. The molecule has 0 aliphatic rings. The molecule has 0 unspecified atom stereocenters. The summed E-state index contributed by atoms with van der Waals surface area (Å²) in [5.41, 5.74) is -0.472. The van der Waals surface area contributed by atoms with Crippen molar-refractivity contribution in [2.24, 2.45) is 7.05 Å². The number of aryl methyl sites for hydroxylation is 1. The Hall–Kier alpha value is -2.24. The van der Waals surface area contributed by atoms with E-state index in [1.54, 1.807) is 13.2 Å². The zero-order valence-corrected chi connectivity index (χ0v) is 8.95. The normalized spacial score (nSPS) is 10.3. The summed E-state index contributed by atoms with van der Waals surface area (Å²) in [6, 6.07) is 3.36. The van der Waals surface area contributed by atoms with E-state index in [-0.39, 0.29) is 5.82 Å². The number of imidazole rings is 1. The van der Waals surface area contributed by atoms with E-state index in [2.05, 4.69) is 10.3 Å². The number of nitrogens with one attached hydrogen (secondary N) is 1. The molecule has 0 atom stereocenters. The van der Waals surface area contributed by atoms with Crippen LogP contribution in [0.1, 0.15) is 10.6 Å². The molecule has 1 heterocycles. The summed E-state index contributed by atoms with van der Waals surface area (Å²) in [5, 5.41) is 2.15. The van der Waals surface area contributed by atoms with Crippen molar-refractivity contribution in [3.63, 3.8) is 0 Å². The van der Waals surface area contributed by atoms with Gasteiger partial charge in [-0.15, -0.1) is 0 Å². The van der Waals surface area contributed by atoms with Gasteiger partial charge in [0.15, 0.2) is 5.82 Å². The van der Waals surface area contributed by atoms with E-state index in [1.807, 2.05) is 0 Å². The maximum absolute atomic E-state index is 13.3. The third kappa shape index (κ3) is 2.15. The number of carbonyl (C=O) groups excluding carboxylic acids is 1. The Balaban J connectivity index is 2.28. The molecule has 0 aliphatic heterocycles. The van der Waals surface area contributed by atoms with Gasteiger partial charge < -0.3 is 9.88 Å². The second-order valence-corrected chi connectivity index (χ2v) is 3.41. The van der Waals surface area contributed by atoms with E-state index >= 15 is 0 Å². The summed E-state index contributed by atoms with van der Waals surface area (Å²) in [6.07, 6.45) is 2.99. The smallest absolute Gasteiger partial charge is 0.291 e. The number of hydrogen-bond acceptors (Lipinski definition) is 2. The zero-order valence-electron chi connectivity index (χ0n) is 8.95. The number of amides is 1. The summed E-state index contributed by atoms with van der Waals surface area (Å²) >= 11 is 0. The molecule has 0 saturated carbocycles. The van der Waals surface area contributed by atoms with Crippen LogP contribution in [0.3, 0.4) is 0 Å². The van der Waals surface area contributed by atoms with Gasteiger partial charge in [0.1, 0.15) is 17.3 Å². The largest absolute Gasteiger partial charge is 0.330 e. The lowest BCUT2D eigenvalue weighted by Gasteiger charge is -2.06. The molecular formula is C11H9F2N3O. The molecule has 1 aromatic carbocycles. The van der Waals surface area contributed by atoms with Crippen molar-refractivity contribution in [3.05, 3.63) is 48.1 Å². The fraction of sp³-hybridized carbons (Fsp3) is 0.0909. The highest BCUT2D eigenvalue weighted by atomic mass is 19.1. The Morgan fingerprint density at radius 2 is 2.00 bits per heavy atom. The summed E-state index contributed by atoms with van der Waals surface area (Å²) < 4.78 is 28.0. The standard InChI is InChI=1S/C11H9F2N3O/c1-16-6-5-14-10(16)11(17)15-9-7(12)3-2-4-8(9)13/h2-6H,1H3,(H,15,17). The van der Waals surface area contributed by atoms with Crippen LogP contribution >= 0.6 is 0 Å². The molecule has 6 heteroatoms. The number of carbonyl (C=O) groups is 1. The first-order valence-electron chi connectivity index (χ1n) is 4.82. The van der Waals surface area contributed by atoms with Gasteiger partial charge in [0.25, 0.3) is 5.91 Å². The molecule has 1 N–H and O–H groups in total. The maximum atomic E-state index is 13.3. The molecule has 2 rings (SSSR count). The van der Waals surface area contributed by atoms with Gasteiger partial charge in [-0.3, -0.25) is 4.79 Å². The number of benzene rings is 1. The van der Waals surface area contributed by atoms with Crippen LogP contribution in [0, 0.1) is 11.6 Å². The Morgan fingerprint density at radius 3 is 2.53 bits per heavy atom. The third-order valence-electron chi connectivity index (χ3n) is 2.23. The van der Waals surface area contributed by atoms with E-state index in [0.29, 0.717) is 0 Å². The van der Waals surface area contributed by atoms with Crippen LogP contribution in [0.15, 0.2) is 30.6 Å². The van der Waals surface area contributed by atoms with Gasteiger partial charge in [-0.2, -0.15) is 0 Å². The fourth-order valence-electron chi connectivity index (χ4n) is 1.37. The first kappa shape index (κ1) is 11.3. The summed E-state index contributed by atoms with van der Waals surface area (Å²) in [6.45, 7) is 0. The number of halogens is 2. The first-order chi connectivity index (χ1) is 8.09. The molecule has 0 aliphatic carbocycles. The molecule has 17 heavy (non-hydrogen) atoms. The highest BCUT2D eigenvalue weighted by Crippen LogP contribution is 2.18. The molecule has 0 saturated heterocycles. The van der Waals surface area contributed by atoms with Crippen molar-refractivity contribution < 1.29 is 13.6 Å². The molecule has 1 aromatic heterocycles. The molecule has 4 nitrogen and oxygen atoms in total. The average Bonchev–Trinajstić information content (AvgIpc) is 2.70. The predicted molar refractivity (Wildman–Crippen MR) is 57.5 cm³/mol. The fourth-order valence-corrected chi connectivity index (χ4v) is 1.37. The zero-order chi connectivity index (χ0) is 12.4. The van der Waals surface area contributed by atoms with Gasteiger partial charge in [0.05, 0.1) is 0 Å².